The van der Waals surface area contributed by atoms with E-state index in [4.69, 9.17) is 11.6 Å². The molecule has 0 radical (unpaired) electrons. The van der Waals surface area contributed by atoms with Crippen LogP contribution in [-0.4, -0.2) is 4.92 Å². The van der Waals surface area contributed by atoms with Gasteiger partial charge in [-0.05, 0) is 12.1 Å². The summed E-state index contributed by atoms with van der Waals surface area (Å²) in [6.45, 7) is 0. The Morgan fingerprint density at radius 3 is 2.67 bits per heavy atom. The van der Waals surface area contributed by atoms with Crippen molar-refractivity contribution in [3.8, 4) is 0 Å². The van der Waals surface area contributed by atoms with Crippen molar-refractivity contribution >= 4 is 35.8 Å². The van der Waals surface area contributed by atoms with Crippen LogP contribution in [-0.2, 0) is 0 Å². The molecule has 0 aliphatic carbocycles. The van der Waals surface area contributed by atoms with Gasteiger partial charge in [0.25, 0.3) is 5.69 Å². The van der Waals surface area contributed by atoms with Gasteiger partial charge in [-0.15, -0.1) is 0 Å². The molecule has 0 aliphatic heterocycles. The van der Waals surface area contributed by atoms with E-state index < -0.39 is 4.92 Å². The Kier molecular flexibility index (Phi) is 2.78. The summed E-state index contributed by atoms with van der Waals surface area (Å²) in [5.74, 6) is 0. The van der Waals surface area contributed by atoms with Gasteiger partial charge in [0.15, 0.2) is 0 Å². The first-order valence-electron chi connectivity index (χ1n) is 2.99. The number of nitrogens with zero attached hydrogens (tertiary/aromatic N) is 1. The molecule has 0 heterocycles. The third kappa shape index (κ3) is 1.80. The van der Waals surface area contributed by atoms with Crippen LogP contribution >= 0.6 is 24.4 Å². The average Bonchev–Trinajstić information content (AvgIpc) is 2.03. The molecule has 1 rings (SSSR count). The van der Waals surface area contributed by atoms with Gasteiger partial charge in [0.1, 0.15) is 5.02 Å². The zero-order valence-electron chi connectivity index (χ0n) is 5.82. The summed E-state index contributed by atoms with van der Waals surface area (Å²) in [6.07, 6.45) is 0. The van der Waals surface area contributed by atoms with Gasteiger partial charge in [0.05, 0.1) is 4.92 Å². The molecule has 0 unspecified atom stereocenters. The van der Waals surface area contributed by atoms with Crippen LogP contribution in [0.25, 0.3) is 0 Å². The van der Waals surface area contributed by atoms with Crippen molar-refractivity contribution < 1.29 is 4.92 Å². The van der Waals surface area contributed by atoms with Crippen molar-refractivity contribution in [2.24, 2.45) is 0 Å². The number of halogens is 1. The minimum Gasteiger partial charge on any atom is -0.332 e. The number of nitro groups is 1. The maximum Gasteiger partial charge on any atom is 0.288 e. The van der Waals surface area contributed by atoms with Crippen molar-refractivity contribution in [2.45, 2.75) is 0 Å². The van der Waals surface area contributed by atoms with E-state index >= 15 is 0 Å². The summed E-state index contributed by atoms with van der Waals surface area (Å²) in [7, 11) is 0. The summed E-state index contributed by atoms with van der Waals surface area (Å²) >= 11 is 9.35. The number of benzene rings is 1. The van der Waals surface area contributed by atoms with Crippen LogP contribution in [0, 0.1) is 10.1 Å². The highest BCUT2D eigenvalue weighted by Crippen LogP contribution is 2.27. The first-order valence-corrected chi connectivity index (χ1v) is 3.81. The molecule has 0 spiro atoms. The topological polar surface area (TPSA) is 55.2 Å². The zero-order chi connectivity index (χ0) is 9.14. The summed E-state index contributed by atoms with van der Waals surface area (Å²) in [4.78, 5) is 9.77. The van der Waals surface area contributed by atoms with E-state index in [9.17, 15) is 10.1 Å². The highest BCUT2D eigenvalue weighted by atomic mass is 35.5. The lowest BCUT2D eigenvalue weighted by Crippen LogP contribution is -1.89. The van der Waals surface area contributed by atoms with Crippen molar-refractivity contribution in [3.05, 3.63) is 33.3 Å². The van der Waals surface area contributed by atoms with Crippen LogP contribution < -0.4 is 4.72 Å². The maximum absolute atomic E-state index is 10.3. The van der Waals surface area contributed by atoms with Crippen molar-refractivity contribution in [1.82, 2.24) is 0 Å². The van der Waals surface area contributed by atoms with Crippen molar-refractivity contribution in [3.63, 3.8) is 0 Å². The average molecular weight is 205 g/mol. The molecule has 0 saturated heterocycles. The summed E-state index contributed by atoms with van der Waals surface area (Å²) in [5.41, 5.74) is 0.512. The van der Waals surface area contributed by atoms with Crippen molar-refractivity contribution in [2.75, 3.05) is 4.72 Å². The first kappa shape index (κ1) is 9.15. The Labute approximate surface area is 79.2 Å². The highest BCUT2D eigenvalue weighted by molar-refractivity contribution is 7.81. The number of anilines is 1. The van der Waals surface area contributed by atoms with Gasteiger partial charge in [-0.3, -0.25) is 10.1 Å². The Morgan fingerprint density at radius 1 is 1.58 bits per heavy atom. The van der Waals surface area contributed by atoms with Gasteiger partial charge >= 0.3 is 0 Å². The Bertz CT molecular complexity index is 318. The zero-order valence-corrected chi connectivity index (χ0v) is 7.47. The SMILES string of the molecule is O=[N+]([O-])c1ccc(NS)cc1Cl. The van der Waals surface area contributed by atoms with Crippen LogP contribution in [0.3, 0.4) is 0 Å². The monoisotopic (exact) mass is 204 g/mol. The molecule has 0 bridgehead atoms. The molecule has 64 valence electrons. The largest absolute Gasteiger partial charge is 0.332 e. The summed E-state index contributed by atoms with van der Waals surface area (Å²) in [6, 6.07) is 4.28. The molecule has 0 saturated carbocycles. The smallest absolute Gasteiger partial charge is 0.288 e. The molecule has 0 atom stereocenters. The third-order valence-electron chi connectivity index (χ3n) is 1.27. The summed E-state index contributed by atoms with van der Waals surface area (Å²) in [5, 5.41) is 10.4. The number of nitro benzene ring substituents is 1. The second-order valence-electron chi connectivity index (χ2n) is 2.04. The van der Waals surface area contributed by atoms with E-state index in [1.54, 1.807) is 0 Å². The lowest BCUT2D eigenvalue weighted by atomic mass is 10.3. The van der Waals surface area contributed by atoms with Gasteiger partial charge in [-0.25, -0.2) is 0 Å². The molecule has 1 aromatic rings. The van der Waals surface area contributed by atoms with E-state index in [2.05, 4.69) is 17.5 Å². The van der Waals surface area contributed by atoms with Crippen LogP contribution in [0.15, 0.2) is 18.2 Å². The van der Waals surface area contributed by atoms with Crippen LogP contribution in [0.4, 0.5) is 11.4 Å². The number of hydrogen-bond acceptors (Lipinski definition) is 4. The van der Waals surface area contributed by atoms with Gasteiger partial charge in [-0.2, -0.15) is 0 Å². The van der Waals surface area contributed by atoms with E-state index in [0.717, 1.165) is 0 Å². The number of hydrogen-bond donors (Lipinski definition) is 2. The maximum atomic E-state index is 10.3. The Hall–Kier alpha value is -0.940. The molecule has 1 N–H and O–H groups in total. The number of nitrogens with one attached hydrogen (secondary N) is 1. The number of thiol groups is 1. The Morgan fingerprint density at radius 2 is 2.25 bits per heavy atom. The minimum atomic E-state index is -0.537. The normalized spacial score (nSPS) is 9.50. The number of rotatable bonds is 2. The van der Waals surface area contributed by atoms with Gasteiger partial charge in [0.2, 0.25) is 0 Å². The molecule has 0 fully saturated rings. The second-order valence-corrected chi connectivity index (χ2v) is 2.67. The minimum absolute atomic E-state index is 0.0963. The van der Waals surface area contributed by atoms with E-state index in [0.29, 0.717) is 5.69 Å². The molecular formula is C6H5ClN2O2S. The summed E-state index contributed by atoms with van der Waals surface area (Å²) < 4.78 is 2.52. The molecule has 0 aromatic heterocycles. The van der Waals surface area contributed by atoms with E-state index in [-0.39, 0.29) is 10.7 Å². The molecule has 0 amide bonds. The van der Waals surface area contributed by atoms with Crippen LogP contribution in [0.1, 0.15) is 0 Å². The molecule has 4 nitrogen and oxygen atoms in total. The highest BCUT2D eigenvalue weighted by Gasteiger charge is 2.11. The molecule has 6 heteroatoms. The quantitative estimate of drug-likeness (QED) is 0.442. The molecule has 12 heavy (non-hydrogen) atoms. The fourth-order valence-electron chi connectivity index (χ4n) is 0.725. The molecule has 0 aliphatic rings. The molecular weight excluding hydrogens is 200 g/mol. The Balaban J connectivity index is 3.12. The second kappa shape index (κ2) is 3.64. The van der Waals surface area contributed by atoms with Gasteiger partial charge in [0, 0.05) is 11.8 Å². The third-order valence-corrected chi connectivity index (χ3v) is 1.83. The van der Waals surface area contributed by atoms with Gasteiger partial charge < -0.3 is 4.72 Å². The van der Waals surface area contributed by atoms with E-state index in [1.807, 2.05) is 0 Å². The van der Waals surface area contributed by atoms with E-state index in [1.165, 1.54) is 18.2 Å². The molecule has 1 aromatic carbocycles. The predicted molar refractivity (Wildman–Crippen MR) is 50.7 cm³/mol. The fourth-order valence-corrected chi connectivity index (χ4v) is 1.11. The predicted octanol–water partition coefficient (Wildman–Crippen LogP) is 2.50. The standard InChI is InChI=1S/C6H5ClN2O2S/c7-5-3-4(8-12)1-2-6(5)9(10)11/h1-3,8,12H. The lowest BCUT2D eigenvalue weighted by Gasteiger charge is -1.98. The first-order chi connectivity index (χ1) is 5.65. The fraction of sp³-hybridized carbons (Fsp3) is 0. The van der Waals surface area contributed by atoms with Gasteiger partial charge in [-0.1, -0.05) is 24.4 Å². The lowest BCUT2D eigenvalue weighted by molar-refractivity contribution is -0.384. The van der Waals surface area contributed by atoms with Crippen LogP contribution in [0.5, 0.6) is 0 Å². The van der Waals surface area contributed by atoms with Crippen molar-refractivity contribution in [1.29, 1.82) is 0 Å². The van der Waals surface area contributed by atoms with Crippen LogP contribution in [0.2, 0.25) is 5.02 Å².